The fraction of sp³-hybridized carbons (Fsp3) is 0.571. The lowest BCUT2D eigenvalue weighted by molar-refractivity contribution is 0.254. The third-order valence-corrected chi connectivity index (χ3v) is 4.66. The molecule has 1 heterocycles. The van der Waals surface area contributed by atoms with Gasteiger partial charge in [-0.25, -0.2) is 13.1 Å². The van der Waals surface area contributed by atoms with E-state index in [1.807, 2.05) is 6.92 Å². The molecule has 0 radical (unpaired) electrons. The molecule has 1 aromatic rings. The monoisotopic (exact) mass is 334 g/mol. The minimum atomic E-state index is -3.43. The lowest BCUT2D eigenvalue weighted by Crippen LogP contribution is -2.32. The molecule has 1 atom stereocenters. The number of hydrogen-bond donors (Lipinski definition) is 2. The quantitative estimate of drug-likeness (QED) is 0.745. The van der Waals surface area contributed by atoms with Crippen LogP contribution in [0.2, 0.25) is 0 Å². The highest BCUT2D eigenvalue weighted by atomic mass is 35.5. The molecule has 2 rings (SSSR count). The molecule has 1 aliphatic heterocycles. The smallest absolute Gasteiger partial charge is 0.240 e. The molecule has 0 fully saturated rings. The maximum Gasteiger partial charge on any atom is 0.240 e. The Kier molecular flexibility index (Phi) is 6.93. The van der Waals surface area contributed by atoms with Crippen molar-refractivity contribution in [1.82, 2.24) is 10.0 Å². The van der Waals surface area contributed by atoms with Gasteiger partial charge in [0.2, 0.25) is 10.0 Å². The topological polar surface area (TPSA) is 67.4 Å². The first-order chi connectivity index (χ1) is 9.53. The Hall–Kier alpha value is -0.820. The lowest BCUT2D eigenvalue weighted by Gasteiger charge is -2.08. The molecule has 1 aliphatic rings. The highest BCUT2D eigenvalue weighted by Crippen LogP contribution is 2.30. The maximum atomic E-state index is 12.2. The van der Waals surface area contributed by atoms with E-state index < -0.39 is 10.0 Å². The second-order valence-corrected chi connectivity index (χ2v) is 6.82. The fourth-order valence-corrected chi connectivity index (χ4v) is 3.31. The highest BCUT2D eigenvalue weighted by Gasteiger charge is 2.22. The van der Waals surface area contributed by atoms with Gasteiger partial charge < -0.3 is 10.1 Å². The zero-order chi connectivity index (χ0) is 14.6. The van der Waals surface area contributed by atoms with E-state index in [0.717, 1.165) is 30.7 Å². The van der Waals surface area contributed by atoms with E-state index in [2.05, 4.69) is 17.0 Å². The summed E-state index contributed by atoms with van der Waals surface area (Å²) in [6, 6.07) is 5.04. The normalized spacial score (nSPS) is 17.0. The summed E-state index contributed by atoms with van der Waals surface area (Å²) in [6.07, 6.45) is 1.92. The van der Waals surface area contributed by atoms with Crippen LogP contribution in [0.15, 0.2) is 23.1 Å². The minimum Gasteiger partial charge on any atom is -0.490 e. The van der Waals surface area contributed by atoms with Crippen molar-refractivity contribution >= 4 is 22.4 Å². The van der Waals surface area contributed by atoms with Crippen molar-refractivity contribution < 1.29 is 13.2 Å². The summed E-state index contributed by atoms with van der Waals surface area (Å²) in [5.74, 6) is 0.793. The molecule has 0 saturated heterocycles. The van der Waals surface area contributed by atoms with Gasteiger partial charge in [-0.2, -0.15) is 0 Å². The predicted octanol–water partition coefficient (Wildman–Crippen LogP) is 1.71. The van der Waals surface area contributed by atoms with Crippen LogP contribution in [-0.2, 0) is 16.4 Å². The average molecular weight is 335 g/mol. The van der Waals surface area contributed by atoms with Gasteiger partial charge in [0.15, 0.2) is 0 Å². The Labute approximate surface area is 132 Å². The number of benzene rings is 1. The highest BCUT2D eigenvalue weighted by molar-refractivity contribution is 7.89. The van der Waals surface area contributed by atoms with Crippen LogP contribution in [0.4, 0.5) is 0 Å². The van der Waals surface area contributed by atoms with E-state index in [0.29, 0.717) is 18.0 Å². The molecular weight excluding hydrogens is 312 g/mol. The van der Waals surface area contributed by atoms with Gasteiger partial charge in [-0.15, -0.1) is 12.4 Å². The van der Waals surface area contributed by atoms with Gasteiger partial charge in [0, 0.05) is 19.5 Å². The summed E-state index contributed by atoms with van der Waals surface area (Å²) in [6.45, 7) is 5.98. The van der Waals surface area contributed by atoms with E-state index in [4.69, 9.17) is 4.74 Å². The van der Waals surface area contributed by atoms with Crippen LogP contribution in [0.25, 0.3) is 0 Å². The van der Waals surface area contributed by atoms with Crippen LogP contribution >= 0.6 is 12.4 Å². The van der Waals surface area contributed by atoms with Crippen LogP contribution < -0.4 is 14.8 Å². The number of ether oxygens (including phenoxy) is 1. The van der Waals surface area contributed by atoms with Gasteiger partial charge >= 0.3 is 0 Å². The Morgan fingerprint density at radius 2 is 2.05 bits per heavy atom. The second kappa shape index (κ2) is 7.98. The summed E-state index contributed by atoms with van der Waals surface area (Å²) < 4.78 is 32.5. The van der Waals surface area contributed by atoms with Crippen molar-refractivity contribution in [2.45, 2.75) is 37.7 Å². The predicted molar refractivity (Wildman–Crippen MR) is 85.8 cm³/mol. The molecule has 120 valence electrons. The van der Waals surface area contributed by atoms with Gasteiger partial charge in [-0.1, -0.05) is 6.92 Å². The molecule has 0 aliphatic carbocycles. The third kappa shape index (κ3) is 4.85. The Morgan fingerprint density at radius 1 is 1.29 bits per heavy atom. The van der Waals surface area contributed by atoms with E-state index in [1.54, 1.807) is 18.2 Å². The van der Waals surface area contributed by atoms with Crippen LogP contribution in [0.5, 0.6) is 5.75 Å². The lowest BCUT2D eigenvalue weighted by atomic mass is 10.1. The van der Waals surface area contributed by atoms with Crippen LogP contribution in [0, 0.1) is 0 Å². The first-order valence-electron chi connectivity index (χ1n) is 7.03. The van der Waals surface area contributed by atoms with Crippen molar-refractivity contribution in [3.05, 3.63) is 23.8 Å². The molecule has 0 saturated carbocycles. The molecule has 5 nitrogen and oxygen atoms in total. The average Bonchev–Trinajstić information content (AvgIpc) is 2.77. The fourth-order valence-electron chi connectivity index (χ4n) is 2.22. The molecule has 2 N–H and O–H groups in total. The van der Waals surface area contributed by atoms with Gasteiger partial charge in [-0.3, -0.25) is 0 Å². The third-order valence-electron chi connectivity index (χ3n) is 3.20. The van der Waals surface area contributed by atoms with Crippen molar-refractivity contribution in [3.8, 4) is 5.75 Å². The summed E-state index contributed by atoms with van der Waals surface area (Å²) in [5.41, 5.74) is 0.962. The molecular formula is C14H23ClN2O3S. The molecule has 0 amide bonds. The summed E-state index contributed by atoms with van der Waals surface area (Å²) >= 11 is 0. The molecule has 0 bridgehead atoms. The zero-order valence-electron chi connectivity index (χ0n) is 12.4. The van der Waals surface area contributed by atoms with Crippen molar-refractivity contribution in [1.29, 1.82) is 0 Å². The van der Waals surface area contributed by atoms with E-state index in [1.165, 1.54) is 0 Å². The number of nitrogens with one attached hydrogen (secondary N) is 2. The first-order valence-corrected chi connectivity index (χ1v) is 8.51. The zero-order valence-corrected chi connectivity index (χ0v) is 14.0. The van der Waals surface area contributed by atoms with E-state index in [9.17, 15) is 8.42 Å². The minimum absolute atomic E-state index is 0. The number of hydrogen-bond acceptors (Lipinski definition) is 4. The van der Waals surface area contributed by atoms with Crippen molar-refractivity contribution in [2.24, 2.45) is 0 Å². The number of fused-ring (bicyclic) bond motifs is 1. The SMILES string of the molecule is CCCNCCNS(=O)(=O)c1ccc2c(c1)CC(C)O2.Cl. The van der Waals surface area contributed by atoms with Gasteiger partial charge in [0.05, 0.1) is 4.90 Å². The number of sulfonamides is 1. The molecule has 7 heteroatoms. The summed E-state index contributed by atoms with van der Waals surface area (Å²) in [7, 11) is -3.43. The van der Waals surface area contributed by atoms with Crippen LogP contribution in [0.1, 0.15) is 25.8 Å². The molecule has 0 aromatic heterocycles. The second-order valence-electron chi connectivity index (χ2n) is 5.05. The van der Waals surface area contributed by atoms with Crippen LogP contribution in [0.3, 0.4) is 0 Å². The van der Waals surface area contributed by atoms with E-state index >= 15 is 0 Å². The summed E-state index contributed by atoms with van der Waals surface area (Å²) in [5, 5.41) is 3.16. The number of halogens is 1. The largest absolute Gasteiger partial charge is 0.490 e. The molecule has 0 spiro atoms. The Balaban J connectivity index is 0.00000220. The van der Waals surface area contributed by atoms with Gasteiger partial charge in [0.1, 0.15) is 11.9 Å². The van der Waals surface area contributed by atoms with Crippen molar-refractivity contribution in [3.63, 3.8) is 0 Å². The summed E-state index contributed by atoms with van der Waals surface area (Å²) in [4.78, 5) is 0.310. The van der Waals surface area contributed by atoms with Gasteiger partial charge in [-0.05, 0) is 43.7 Å². The first kappa shape index (κ1) is 18.2. The van der Waals surface area contributed by atoms with Crippen molar-refractivity contribution in [2.75, 3.05) is 19.6 Å². The Bertz CT molecular complexity index is 563. The molecule has 21 heavy (non-hydrogen) atoms. The Morgan fingerprint density at radius 3 is 2.76 bits per heavy atom. The molecule has 1 aromatic carbocycles. The maximum absolute atomic E-state index is 12.2. The van der Waals surface area contributed by atoms with Gasteiger partial charge in [0.25, 0.3) is 0 Å². The standard InChI is InChI=1S/C14H22N2O3S.ClH/c1-3-6-15-7-8-16-20(17,18)13-4-5-14-12(10-13)9-11(2)19-14;/h4-5,10-11,15-16H,3,6-9H2,1-2H3;1H. The van der Waals surface area contributed by atoms with Crippen LogP contribution in [-0.4, -0.2) is 34.2 Å². The van der Waals surface area contributed by atoms with E-state index in [-0.39, 0.29) is 18.5 Å². The molecule has 1 unspecified atom stereocenters. The number of rotatable bonds is 7.